The van der Waals surface area contributed by atoms with E-state index in [1.54, 1.807) is 6.92 Å². The monoisotopic (exact) mass is 492 g/mol. The Morgan fingerprint density at radius 3 is 2.53 bits per heavy atom. The number of nitrogens with one attached hydrogen (secondary N) is 1. The van der Waals surface area contributed by atoms with Crippen LogP contribution in [0.25, 0.3) is 10.9 Å². The highest BCUT2D eigenvalue weighted by Gasteiger charge is 2.51. The zero-order valence-electron chi connectivity index (χ0n) is 19.1. The Hall–Kier alpha value is -3.23. The van der Waals surface area contributed by atoms with Gasteiger partial charge in [-0.2, -0.15) is 8.78 Å². The molecule has 0 radical (unpaired) electrons. The van der Waals surface area contributed by atoms with Crippen LogP contribution in [0.15, 0.2) is 35.5 Å². The van der Waals surface area contributed by atoms with Gasteiger partial charge in [-0.15, -0.1) is 5.92 Å². The number of anilines is 1. The van der Waals surface area contributed by atoms with Gasteiger partial charge in [-0.3, -0.25) is 0 Å². The van der Waals surface area contributed by atoms with E-state index in [-0.39, 0.29) is 16.4 Å². The number of halogens is 3. The number of aryl methyl sites for hydroxylation is 1. The van der Waals surface area contributed by atoms with E-state index in [4.69, 9.17) is 0 Å². The molecule has 0 spiro atoms. The SMILES string of the molecule is CC#C[C@@](C)(O)C(F)(F)c1cccc([C@@H](C)Nc2nc(C)nc3cnc(S(C)(=O)=O)cc23)c1F. The van der Waals surface area contributed by atoms with Crippen molar-refractivity contribution >= 4 is 26.6 Å². The molecule has 0 aliphatic carbocycles. The number of aliphatic hydroxyl groups is 1. The summed E-state index contributed by atoms with van der Waals surface area (Å²) in [7, 11) is -3.62. The first-order chi connectivity index (χ1) is 15.7. The minimum atomic E-state index is -4.00. The van der Waals surface area contributed by atoms with Gasteiger partial charge in [-0.05, 0) is 39.8 Å². The fourth-order valence-electron chi connectivity index (χ4n) is 3.44. The largest absolute Gasteiger partial charge is 0.372 e. The molecule has 0 saturated carbocycles. The summed E-state index contributed by atoms with van der Waals surface area (Å²) in [4.78, 5) is 12.4. The van der Waals surface area contributed by atoms with Crippen molar-refractivity contribution in [3.05, 3.63) is 53.2 Å². The van der Waals surface area contributed by atoms with Crippen LogP contribution >= 0.6 is 0 Å². The molecule has 180 valence electrons. The Kier molecular flexibility index (Phi) is 6.61. The second-order valence-electron chi connectivity index (χ2n) is 8.03. The fraction of sp³-hybridized carbons (Fsp3) is 0.348. The van der Waals surface area contributed by atoms with Crippen LogP contribution in [0.2, 0.25) is 0 Å². The first-order valence-electron chi connectivity index (χ1n) is 10.1. The van der Waals surface area contributed by atoms with Crippen molar-refractivity contribution in [2.75, 3.05) is 11.6 Å². The van der Waals surface area contributed by atoms with E-state index in [9.17, 15) is 22.3 Å². The van der Waals surface area contributed by atoms with Crippen LogP contribution in [0.5, 0.6) is 0 Å². The minimum Gasteiger partial charge on any atom is -0.372 e. The second-order valence-corrected chi connectivity index (χ2v) is 9.99. The highest BCUT2D eigenvalue weighted by atomic mass is 32.2. The molecular weight excluding hydrogens is 469 g/mol. The summed E-state index contributed by atoms with van der Waals surface area (Å²) < 4.78 is 69.1. The van der Waals surface area contributed by atoms with Crippen molar-refractivity contribution in [2.24, 2.45) is 0 Å². The highest BCUT2D eigenvalue weighted by Crippen LogP contribution is 2.41. The predicted molar refractivity (Wildman–Crippen MR) is 122 cm³/mol. The number of hydrogen-bond acceptors (Lipinski definition) is 7. The molecule has 0 fully saturated rings. The molecule has 0 aliphatic rings. The Morgan fingerprint density at radius 2 is 1.91 bits per heavy atom. The minimum absolute atomic E-state index is 0.112. The first kappa shape index (κ1) is 25.4. The van der Waals surface area contributed by atoms with E-state index in [0.717, 1.165) is 19.2 Å². The number of sulfone groups is 1. The maximum atomic E-state index is 15.3. The number of aromatic nitrogens is 3. The van der Waals surface area contributed by atoms with Crippen molar-refractivity contribution in [1.82, 2.24) is 15.0 Å². The van der Waals surface area contributed by atoms with Crippen molar-refractivity contribution in [3.63, 3.8) is 0 Å². The summed E-state index contributed by atoms with van der Waals surface area (Å²) in [6, 6.07) is 3.90. The molecule has 34 heavy (non-hydrogen) atoms. The Bertz CT molecular complexity index is 1430. The van der Waals surface area contributed by atoms with Gasteiger partial charge >= 0.3 is 5.92 Å². The molecule has 3 aromatic rings. The Balaban J connectivity index is 2.08. The van der Waals surface area contributed by atoms with Gasteiger partial charge in [0.15, 0.2) is 20.5 Å². The quantitative estimate of drug-likeness (QED) is 0.503. The number of fused-ring (bicyclic) bond motifs is 1. The third kappa shape index (κ3) is 4.69. The molecule has 0 aliphatic heterocycles. The van der Waals surface area contributed by atoms with Gasteiger partial charge in [-0.25, -0.2) is 27.8 Å². The molecule has 0 saturated heterocycles. The lowest BCUT2D eigenvalue weighted by Gasteiger charge is -2.29. The second kappa shape index (κ2) is 8.85. The molecule has 11 heteroatoms. The molecular formula is C23H23F3N4O3S. The van der Waals surface area contributed by atoms with E-state index in [1.165, 1.54) is 38.2 Å². The molecule has 3 rings (SSSR count). The number of pyridine rings is 1. The van der Waals surface area contributed by atoms with Gasteiger partial charge in [0, 0.05) is 17.2 Å². The smallest absolute Gasteiger partial charge is 0.314 e. The van der Waals surface area contributed by atoms with E-state index in [2.05, 4.69) is 26.2 Å². The first-order valence-corrected chi connectivity index (χ1v) is 12.0. The molecule has 0 amide bonds. The molecule has 2 N–H and O–H groups in total. The highest BCUT2D eigenvalue weighted by molar-refractivity contribution is 7.90. The van der Waals surface area contributed by atoms with Crippen LogP contribution in [0.3, 0.4) is 0 Å². The summed E-state index contributed by atoms with van der Waals surface area (Å²) in [5.41, 5.74) is -3.55. The zero-order valence-corrected chi connectivity index (χ0v) is 19.9. The van der Waals surface area contributed by atoms with Crippen molar-refractivity contribution < 1.29 is 26.7 Å². The normalized spacial score (nSPS) is 14.7. The molecule has 0 bridgehead atoms. The maximum absolute atomic E-state index is 15.3. The summed E-state index contributed by atoms with van der Waals surface area (Å²) >= 11 is 0. The maximum Gasteiger partial charge on any atom is 0.314 e. The average molecular weight is 493 g/mol. The van der Waals surface area contributed by atoms with E-state index in [0.29, 0.717) is 16.7 Å². The predicted octanol–water partition coefficient (Wildman–Crippen LogP) is 3.92. The van der Waals surface area contributed by atoms with Gasteiger partial charge in [0.1, 0.15) is 17.5 Å². The summed E-state index contributed by atoms with van der Waals surface area (Å²) in [6.45, 7) is 5.26. The average Bonchev–Trinajstić information content (AvgIpc) is 2.72. The van der Waals surface area contributed by atoms with Crippen LogP contribution in [0, 0.1) is 24.6 Å². The third-order valence-corrected chi connectivity index (χ3v) is 6.20. The van der Waals surface area contributed by atoms with Gasteiger partial charge in [0.05, 0.1) is 23.3 Å². The lowest BCUT2D eigenvalue weighted by molar-refractivity contribution is -0.148. The lowest BCUT2D eigenvalue weighted by atomic mass is 9.89. The van der Waals surface area contributed by atoms with Crippen molar-refractivity contribution in [2.45, 2.75) is 50.3 Å². The molecule has 1 aromatic carbocycles. The van der Waals surface area contributed by atoms with Crippen LogP contribution < -0.4 is 5.32 Å². The standard InChI is InChI=1S/C23H23F3N4O3S/c1-6-10-22(4,31)23(25,26)17-9-7-8-15(20(17)24)13(2)28-21-16-11-19(34(5,32)33)27-12-18(16)29-14(3)30-21/h7-9,11-13,31H,1-5H3,(H,28,29,30)/t13-,22-/m1/s1. The van der Waals surface area contributed by atoms with E-state index >= 15 is 4.39 Å². The summed E-state index contributed by atoms with van der Waals surface area (Å²) in [5.74, 6) is -0.428. The van der Waals surface area contributed by atoms with Crippen LogP contribution in [0.1, 0.15) is 43.8 Å². The number of rotatable bonds is 6. The van der Waals surface area contributed by atoms with Crippen LogP contribution in [-0.4, -0.2) is 40.3 Å². The lowest BCUT2D eigenvalue weighted by Crippen LogP contribution is -2.42. The number of hydrogen-bond donors (Lipinski definition) is 2. The molecule has 2 heterocycles. The topological polar surface area (TPSA) is 105 Å². The zero-order chi connectivity index (χ0) is 25.5. The van der Waals surface area contributed by atoms with E-state index in [1.807, 2.05) is 5.92 Å². The summed E-state index contributed by atoms with van der Waals surface area (Å²) in [5, 5.41) is 13.2. The number of nitrogens with zero attached hydrogens (tertiary/aromatic N) is 3. The van der Waals surface area contributed by atoms with Crippen molar-refractivity contribution in [3.8, 4) is 11.8 Å². The number of alkyl halides is 2. The van der Waals surface area contributed by atoms with Gasteiger partial charge < -0.3 is 10.4 Å². The molecule has 2 aromatic heterocycles. The molecule has 0 unspecified atom stereocenters. The van der Waals surface area contributed by atoms with Crippen molar-refractivity contribution in [1.29, 1.82) is 0 Å². The van der Waals surface area contributed by atoms with Gasteiger partial charge in [0.25, 0.3) is 0 Å². The number of benzene rings is 1. The van der Waals surface area contributed by atoms with Crippen LogP contribution in [0.4, 0.5) is 19.0 Å². The van der Waals surface area contributed by atoms with E-state index < -0.39 is 38.8 Å². The fourth-order valence-corrected chi connectivity index (χ4v) is 4.01. The third-order valence-electron chi connectivity index (χ3n) is 5.22. The molecule has 2 atom stereocenters. The van der Waals surface area contributed by atoms with Gasteiger partial charge in [0.2, 0.25) is 0 Å². The molecule has 7 nitrogen and oxygen atoms in total. The Labute approximate surface area is 195 Å². The van der Waals surface area contributed by atoms with Gasteiger partial charge in [-0.1, -0.05) is 18.1 Å². The Morgan fingerprint density at radius 1 is 1.24 bits per heavy atom. The van der Waals surface area contributed by atoms with Crippen LogP contribution in [-0.2, 0) is 15.8 Å². The summed E-state index contributed by atoms with van der Waals surface area (Å²) in [6.07, 6.45) is 2.29.